The molecule has 1 aliphatic rings. The van der Waals surface area contributed by atoms with E-state index in [1.807, 2.05) is 6.08 Å². The van der Waals surface area contributed by atoms with Crippen LogP contribution in [-0.4, -0.2) is 30.6 Å². The van der Waals surface area contributed by atoms with Gasteiger partial charge in [0.05, 0.1) is 0 Å². The molecule has 2 N–H and O–H groups in total. The van der Waals surface area contributed by atoms with Crippen molar-refractivity contribution in [3.8, 4) is 0 Å². The quantitative estimate of drug-likeness (QED) is 0.501. The highest BCUT2D eigenvalue weighted by Gasteiger charge is 2.17. The fourth-order valence-electron chi connectivity index (χ4n) is 1.87. The zero-order valence-electron chi connectivity index (χ0n) is 8.54. The molecule has 0 aliphatic carbocycles. The Morgan fingerprint density at radius 2 is 2.23 bits per heavy atom. The van der Waals surface area contributed by atoms with E-state index >= 15 is 0 Å². The molecular weight excluding hydrogens is 160 g/mol. The molecule has 0 amide bonds. The Labute approximate surface area is 81.8 Å². The number of unbranched alkanes of at least 4 members (excludes halogenated alkanes) is 3. The van der Waals surface area contributed by atoms with Gasteiger partial charge in [0.2, 0.25) is 0 Å². The summed E-state index contributed by atoms with van der Waals surface area (Å²) in [5, 5.41) is 0. The molecule has 0 bridgehead atoms. The molecule has 0 saturated carbocycles. The lowest BCUT2D eigenvalue weighted by Crippen LogP contribution is -2.27. The predicted octanol–water partition coefficient (Wildman–Crippen LogP) is 1.77. The van der Waals surface area contributed by atoms with Gasteiger partial charge in [-0.05, 0) is 38.8 Å². The molecule has 1 aliphatic heterocycles. The molecule has 1 heterocycles. The van der Waals surface area contributed by atoms with E-state index in [0.717, 1.165) is 6.54 Å². The standard InChI is InChI=1S/C11H22N2/c1-2-3-4-5-6-8-13-9-7-11(12)10-13/h2,11H,1,3-10,12H2/t11-/m1/s1. The van der Waals surface area contributed by atoms with Crippen LogP contribution in [0.1, 0.15) is 32.1 Å². The lowest BCUT2D eigenvalue weighted by Gasteiger charge is -2.14. The van der Waals surface area contributed by atoms with Gasteiger partial charge in [-0.25, -0.2) is 0 Å². The van der Waals surface area contributed by atoms with Crippen LogP contribution in [0.4, 0.5) is 0 Å². The predicted molar refractivity (Wildman–Crippen MR) is 57.7 cm³/mol. The smallest absolute Gasteiger partial charge is 0.0180 e. The van der Waals surface area contributed by atoms with Gasteiger partial charge in [0.15, 0.2) is 0 Å². The van der Waals surface area contributed by atoms with Gasteiger partial charge in [-0.15, -0.1) is 6.58 Å². The van der Waals surface area contributed by atoms with Crippen LogP contribution >= 0.6 is 0 Å². The van der Waals surface area contributed by atoms with Crippen molar-refractivity contribution in [3.05, 3.63) is 12.7 Å². The van der Waals surface area contributed by atoms with E-state index in [9.17, 15) is 0 Å². The summed E-state index contributed by atoms with van der Waals surface area (Å²) < 4.78 is 0. The maximum atomic E-state index is 5.82. The molecule has 1 saturated heterocycles. The first kappa shape index (κ1) is 10.7. The van der Waals surface area contributed by atoms with Gasteiger partial charge in [0, 0.05) is 12.6 Å². The van der Waals surface area contributed by atoms with Gasteiger partial charge < -0.3 is 10.6 Å². The molecule has 0 aromatic carbocycles. The lowest BCUT2D eigenvalue weighted by molar-refractivity contribution is 0.324. The van der Waals surface area contributed by atoms with E-state index in [4.69, 9.17) is 5.73 Å². The van der Waals surface area contributed by atoms with E-state index in [2.05, 4.69) is 11.5 Å². The first-order valence-electron chi connectivity index (χ1n) is 5.42. The van der Waals surface area contributed by atoms with Crippen LogP contribution in [0.5, 0.6) is 0 Å². The van der Waals surface area contributed by atoms with E-state index < -0.39 is 0 Å². The first-order chi connectivity index (χ1) is 6.33. The number of nitrogens with zero attached hydrogens (tertiary/aromatic N) is 1. The van der Waals surface area contributed by atoms with E-state index in [1.54, 1.807) is 0 Å². The molecular formula is C11H22N2. The SMILES string of the molecule is C=CCCCCCN1CC[C@@H](N)C1. The summed E-state index contributed by atoms with van der Waals surface area (Å²) in [4.78, 5) is 2.48. The maximum Gasteiger partial charge on any atom is 0.0180 e. The Hall–Kier alpha value is -0.340. The molecule has 13 heavy (non-hydrogen) atoms. The highest BCUT2D eigenvalue weighted by Crippen LogP contribution is 2.09. The molecule has 0 aromatic rings. The topological polar surface area (TPSA) is 29.3 Å². The molecule has 1 fully saturated rings. The van der Waals surface area contributed by atoms with Crippen molar-refractivity contribution in [1.82, 2.24) is 4.90 Å². The highest BCUT2D eigenvalue weighted by molar-refractivity contribution is 4.77. The van der Waals surface area contributed by atoms with Crippen LogP contribution in [0, 0.1) is 0 Å². The van der Waals surface area contributed by atoms with Gasteiger partial charge in [0.1, 0.15) is 0 Å². The largest absolute Gasteiger partial charge is 0.326 e. The Morgan fingerprint density at radius 1 is 1.38 bits per heavy atom. The van der Waals surface area contributed by atoms with Crippen LogP contribution in [0.25, 0.3) is 0 Å². The van der Waals surface area contributed by atoms with E-state index in [-0.39, 0.29) is 0 Å². The second kappa shape index (κ2) is 6.17. The summed E-state index contributed by atoms with van der Waals surface area (Å²) in [6.07, 6.45) is 8.31. The van der Waals surface area contributed by atoms with Crippen LogP contribution in [-0.2, 0) is 0 Å². The summed E-state index contributed by atoms with van der Waals surface area (Å²) >= 11 is 0. The van der Waals surface area contributed by atoms with E-state index in [1.165, 1.54) is 45.2 Å². The van der Waals surface area contributed by atoms with Crippen molar-refractivity contribution in [1.29, 1.82) is 0 Å². The van der Waals surface area contributed by atoms with Crippen molar-refractivity contribution in [2.24, 2.45) is 5.73 Å². The third-order valence-corrected chi connectivity index (χ3v) is 2.69. The number of allylic oxidation sites excluding steroid dienone is 1. The summed E-state index contributed by atoms with van der Waals surface area (Å²) in [5.74, 6) is 0. The normalized spacial score (nSPS) is 23.6. The van der Waals surface area contributed by atoms with Crippen molar-refractivity contribution < 1.29 is 0 Å². The molecule has 0 unspecified atom stereocenters. The summed E-state index contributed by atoms with van der Waals surface area (Å²) in [6.45, 7) is 7.28. The minimum absolute atomic E-state index is 0.438. The zero-order chi connectivity index (χ0) is 9.52. The summed E-state index contributed by atoms with van der Waals surface area (Å²) in [6, 6.07) is 0.438. The molecule has 76 valence electrons. The molecule has 1 atom stereocenters. The Kier molecular flexibility index (Phi) is 5.09. The Balaban J connectivity index is 1.91. The average molecular weight is 182 g/mol. The van der Waals surface area contributed by atoms with Crippen molar-refractivity contribution in [2.75, 3.05) is 19.6 Å². The van der Waals surface area contributed by atoms with Crippen molar-refractivity contribution in [2.45, 2.75) is 38.1 Å². The number of likely N-dealkylation sites (tertiary alicyclic amines) is 1. The molecule has 1 rings (SSSR count). The monoisotopic (exact) mass is 182 g/mol. The second-order valence-electron chi connectivity index (χ2n) is 3.99. The fraction of sp³-hybridized carbons (Fsp3) is 0.818. The van der Waals surface area contributed by atoms with Gasteiger partial charge in [-0.2, -0.15) is 0 Å². The minimum Gasteiger partial charge on any atom is -0.326 e. The average Bonchev–Trinajstić information content (AvgIpc) is 2.51. The lowest BCUT2D eigenvalue weighted by atomic mass is 10.2. The molecule has 2 heteroatoms. The van der Waals surface area contributed by atoms with E-state index in [0.29, 0.717) is 6.04 Å². The van der Waals surface area contributed by atoms with Gasteiger partial charge >= 0.3 is 0 Å². The first-order valence-corrected chi connectivity index (χ1v) is 5.42. The minimum atomic E-state index is 0.438. The Bertz CT molecular complexity index is 145. The van der Waals surface area contributed by atoms with Crippen LogP contribution < -0.4 is 5.73 Å². The van der Waals surface area contributed by atoms with Gasteiger partial charge in [-0.3, -0.25) is 0 Å². The summed E-state index contributed by atoms with van der Waals surface area (Å²) in [7, 11) is 0. The zero-order valence-corrected chi connectivity index (χ0v) is 8.54. The van der Waals surface area contributed by atoms with Gasteiger partial charge in [-0.1, -0.05) is 12.5 Å². The second-order valence-corrected chi connectivity index (χ2v) is 3.99. The number of hydrogen-bond donors (Lipinski definition) is 1. The Morgan fingerprint density at radius 3 is 2.85 bits per heavy atom. The van der Waals surface area contributed by atoms with Crippen LogP contribution in [0.3, 0.4) is 0 Å². The summed E-state index contributed by atoms with van der Waals surface area (Å²) in [5.41, 5.74) is 5.82. The van der Waals surface area contributed by atoms with Crippen molar-refractivity contribution >= 4 is 0 Å². The third kappa shape index (κ3) is 4.44. The number of hydrogen-bond acceptors (Lipinski definition) is 2. The highest BCUT2D eigenvalue weighted by atomic mass is 15.2. The number of nitrogens with two attached hydrogens (primary N) is 1. The van der Waals surface area contributed by atoms with Crippen molar-refractivity contribution in [3.63, 3.8) is 0 Å². The molecule has 0 radical (unpaired) electrons. The third-order valence-electron chi connectivity index (χ3n) is 2.69. The molecule has 2 nitrogen and oxygen atoms in total. The maximum absolute atomic E-state index is 5.82. The number of rotatable bonds is 6. The van der Waals surface area contributed by atoms with Gasteiger partial charge in [0.25, 0.3) is 0 Å². The molecule has 0 spiro atoms. The van der Waals surface area contributed by atoms with Crippen LogP contribution in [0.2, 0.25) is 0 Å². The van der Waals surface area contributed by atoms with Crippen LogP contribution in [0.15, 0.2) is 12.7 Å². The fourth-order valence-corrected chi connectivity index (χ4v) is 1.87. The molecule has 0 aromatic heterocycles.